The second-order valence-corrected chi connectivity index (χ2v) is 4.41. The molecule has 2 N–H and O–H groups in total. The highest BCUT2D eigenvalue weighted by atomic mass is 14.6. The maximum absolute atomic E-state index is 6.02. The van der Waals surface area contributed by atoms with E-state index < -0.39 is 0 Å². The Hall–Kier alpha value is -0.820. The summed E-state index contributed by atoms with van der Waals surface area (Å²) in [4.78, 5) is 0. The summed E-state index contributed by atoms with van der Waals surface area (Å²) in [6.45, 7) is 4.45. The molecule has 1 aromatic rings. The highest BCUT2D eigenvalue weighted by molar-refractivity contribution is 5.14. The Bertz CT molecular complexity index is 241. The second kappa shape index (κ2) is 5.82. The molecule has 0 bridgehead atoms. The number of aryl methyl sites for hydroxylation is 1. The number of nitrogens with two attached hydrogens (primary N) is 1. The van der Waals surface area contributed by atoms with Crippen molar-refractivity contribution in [2.45, 2.75) is 39.2 Å². The molecule has 0 saturated heterocycles. The van der Waals surface area contributed by atoms with Crippen LogP contribution in [0.1, 0.15) is 32.3 Å². The van der Waals surface area contributed by atoms with E-state index in [2.05, 4.69) is 44.2 Å². The van der Waals surface area contributed by atoms with Crippen molar-refractivity contribution in [3.8, 4) is 0 Å². The summed E-state index contributed by atoms with van der Waals surface area (Å²) in [5, 5.41) is 0. The van der Waals surface area contributed by atoms with Gasteiger partial charge in [-0.2, -0.15) is 0 Å². The third kappa shape index (κ3) is 4.43. The van der Waals surface area contributed by atoms with Gasteiger partial charge in [0.05, 0.1) is 0 Å². The SMILES string of the molecule is CC(C)C[C@@H](N)CCc1ccccc1. The summed E-state index contributed by atoms with van der Waals surface area (Å²) in [6, 6.07) is 10.9. The molecule has 1 rings (SSSR count). The summed E-state index contributed by atoms with van der Waals surface area (Å²) in [7, 11) is 0. The van der Waals surface area contributed by atoms with Gasteiger partial charge in [-0.05, 0) is 30.7 Å². The summed E-state index contributed by atoms with van der Waals surface area (Å²) in [5.74, 6) is 0.709. The molecule has 0 radical (unpaired) electrons. The average Bonchev–Trinajstić information content (AvgIpc) is 2.15. The minimum atomic E-state index is 0.357. The van der Waals surface area contributed by atoms with Crippen LogP contribution in [0.15, 0.2) is 30.3 Å². The zero-order valence-electron chi connectivity index (χ0n) is 9.24. The van der Waals surface area contributed by atoms with Gasteiger partial charge in [-0.3, -0.25) is 0 Å². The maximum atomic E-state index is 6.02. The van der Waals surface area contributed by atoms with E-state index in [4.69, 9.17) is 5.73 Å². The normalized spacial score (nSPS) is 13.1. The lowest BCUT2D eigenvalue weighted by Crippen LogP contribution is -2.22. The van der Waals surface area contributed by atoms with Crippen molar-refractivity contribution >= 4 is 0 Å². The molecule has 0 unspecified atom stereocenters. The van der Waals surface area contributed by atoms with Crippen LogP contribution in [0.3, 0.4) is 0 Å². The van der Waals surface area contributed by atoms with Gasteiger partial charge in [0.25, 0.3) is 0 Å². The lowest BCUT2D eigenvalue weighted by Gasteiger charge is -2.13. The third-order valence-electron chi connectivity index (χ3n) is 2.42. The molecular weight excluding hydrogens is 170 g/mol. The van der Waals surface area contributed by atoms with Crippen LogP contribution in [-0.2, 0) is 6.42 Å². The monoisotopic (exact) mass is 191 g/mol. The number of benzene rings is 1. The molecule has 0 aliphatic rings. The van der Waals surface area contributed by atoms with Gasteiger partial charge in [-0.15, -0.1) is 0 Å². The molecule has 0 aromatic heterocycles. The van der Waals surface area contributed by atoms with Crippen LogP contribution in [0.5, 0.6) is 0 Å². The van der Waals surface area contributed by atoms with Crippen LogP contribution in [0.4, 0.5) is 0 Å². The van der Waals surface area contributed by atoms with Crippen LogP contribution in [0.2, 0.25) is 0 Å². The largest absolute Gasteiger partial charge is 0.328 e. The molecule has 0 spiro atoms. The molecule has 0 aliphatic carbocycles. The molecule has 1 nitrogen and oxygen atoms in total. The van der Waals surface area contributed by atoms with E-state index in [0.717, 1.165) is 19.3 Å². The fraction of sp³-hybridized carbons (Fsp3) is 0.538. The van der Waals surface area contributed by atoms with Crippen molar-refractivity contribution in [1.82, 2.24) is 0 Å². The van der Waals surface area contributed by atoms with Crippen LogP contribution in [0, 0.1) is 5.92 Å². The lowest BCUT2D eigenvalue weighted by atomic mass is 9.98. The Morgan fingerprint density at radius 2 is 1.79 bits per heavy atom. The van der Waals surface area contributed by atoms with Crippen molar-refractivity contribution in [1.29, 1.82) is 0 Å². The first kappa shape index (κ1) is 11.3. The summed E-state index contributed by atoms with van der Waals surface area (Å²) in [5.41, 5.74) is 7.42. The Kier molecular flexibility index (Phi) is 4.68. The van der Waals surface area contributed by atoms with Gasteiger partial charge >= 0.3 is 0 Å². The van der Waals surface area contributed by atoms with Gasteiger partial charge in [-0.25, -0.2) is 0 Å². The van der Waals surface area contributed by atoms with E-state index in [1.165, 1.54) is 5.56 Å². The van der Waals surface area contributed by atoms with Gasteiger partial charge in [0.1, 0.15) is 0 Å². The second-order valence-electron chi connectivity index (χ2n) is 4.41. The molecule has 0 saturated carbocycles. The molecule has 0 amide bonds. The zero-order valence-corrected chi connectivity index (χ0v) is 9.24. The van der Waals surface area contributed by atoms with E-state index in [-0.39, 0.29) is 0 Å². The maximum Gasteiger partial charge on any atom is 0.00444 e. The molecule has 0 heterocycles. The first-order valence-electron chi connectivity index (χ1n) is 5.48. The van der Waals surface area contributed by atoms with Gasteiger partial charge in [0.15, 0.2) is 0 Å². The topological polar surface area (TPSA) is 26.0 Å². The summed E-state index contributed by atoms with van der Waals surface area (Å²) < 4.78 is 0. The van der Waals surface area contributed by atoms with E-state index in [0.29, 0.717) is 12.0 Å². The molecule has 1 atom stereocenters. The predicted molar refractivity (Wildman–Crippen MR) is 62.2 cm³/mol. The van der Waals surface area contributed by atoms with Gasteiger partial charge in [-0.1, -0.05) is 44.2 Å². The van der Waals surface area contributed by atoms with Crippen LogP contribution < -0.4 is 5.73 Å². The first-order chi connectivity index (χ1) is 6.68. The van der Waals surface area contributed by atoms with Crippen molar-refractivity contribution in [2.75, 3.05) is 0 Å². The van der Waals surface area contributed by atoms with Crippen LogP contribution >= 0.6 is 0 Å². The molecule has 78 valence electrons. The molecule has 0 aliphatic heterocycles. The fourth-order valence-corrected chi connectivity index (χ4v) is 1.72. The minimum absolute atomic E-state index is 0.357. The molecule has 14 heavy (non-hydrogen) atoms. The van der Waals surface area contributed by atoms with Gasteiger partial charge < -0.3 is 5.73 Å². The summed E-state index contributed by atoms with van der Waals surface area (Å²) >= 11 is 0. The number of hydrogen-bond acceptors (Lipinski definition) is 1. The summed E-state index contributed by atoms with van der Waals surface area (Å²) in [6.07, 6.45) is 3.34. The van der Waals surface area contributed by atoms with Gasteiger partial charge in [0.2, 0.25) is 0 Å². The van der Waals surface area contributed by atoms with Crippen molar-refractivity contribution in [3.63, 3.8) is 0 Å². The van der Waals surface area contributed by atoms with Crippen LogP contribution in [0.25, 0.3) is 0 Å². The predicted octanol–water partition coefficient (Wildman–Crippen LogP) is 2.99. The van der Waals surface area contributed by atoms with Crippen molar-refractivity contribution < 1.29 is 0 Å². The molecule has 1 aromatic carbocycles. The lowest BCUT2D eigenvalue weighted by molar-refractivity contribution is 0.473. The zero-order chi connectivity index (χ0) is 10.4. The number of rotatable bonds is 5. The molecule has 0 fully saturated rings. The standard InChI is InChI=1S/C13H21N/c1-11(2)10-13(14)9-8-12-6-4-3-5-7-12/h3-7,11,13H,8-10,14H2,1-2H3/t13-/m0/s1. The van der Waals surface area contributed by atoms with Crippen LogP contribution in [-0.4, -0.2) is 6.04 Å². The minimum Gasteiger partial charge on any atom is -0.328 e. The Balaban J connectivity index is 2.27. The third-order valence-corrected chi connectivity index (χ3v) is 2.42. The number of hydrogen-bond donors (Lipinski definition) is 1. The van der Waals surface area contributed by atoms with E-state index >= 15 is 0 Å². The Morgan fingerprint density at radius 3 is 2.36 bits per heavy atom. The van der Waals surface area contributed by atoms with Crippen molar-refractivity contribution in [2.24, 2.45) is 11.7 Å². The van der Waals surface area contributed by atoms with Crippen molar-refractivity contribution in [3.05, 3.63) is 35.9 Å². The first-order valence-corrected chi connectivity index (χ1v) is 5.48. The smallest absolute Gasteiger partial charge is 0.00444 e. The quantitative estimate of drug-likeness (QED) is 0.760. The highest BCUT2D eigenvalue weighted by Crippen LogP contribution is 2.09. The average molecular weight is 191 g/mol. The fourth-order valence-electron chi connectivity index (χ4n) is 1.72. The van der Waals surface area contributed by atoms with E-state index in [1.54, 1.807) is 0 Å². The highest BCUT2D eigenvalue weighted by Gasteiger charge is 2.05. The van der Waals surface area contributed by atoms with Gasteiger partial charge in [0, 0.05) is 6.04 Å². The molecule has 1 heteroatoms. The molecular formula is C13H21N. The van der Waals surface area contributed by atoms with E-state index in [1.807, 2.05) is 0 Å². The van der Waals surface area contributed by atoms with E-state index in [9.17, 15) is 0 Å². The Labute approximate surface area is 87.3 Å². The Morgan fingerprint density at radius 1 is 1.14 bits per heavy atom.